The van der Waals surface area contributed by atoms with E-state index in [9.17, 15) is 37.1 Å². The molecule has 2 aromatic carbocycles. The number of aryl methyl sites for hydroxylation is 1. The van der Waals surface area contributed by atoms with Crippen molar-refractivity contribution in [3.63, 3.8) is 0 Å². The minimum Gasteiger partial charge on any atom is -0.444 e. The summed E-state index contributed by atoms with van der Waals surface area (Å²) in [5.74, 6) is -2.93. The number of aromatic nitrogens is 1. The minimum absolute atomic E-state index is 0.00928. The van der Waals surface area contributed by atoms with Crippen molar-refractivity contribution >= 4 is 18.5 Å². The molecule has 0 aliphatic carbocycles. The molecular formula is C34H41F4N3O6. The second-order valence-electron chi connectivity index (χ2n) is 12.8. The Labute approximate surface area is 271 Å². The zero-order valence-electron chi connectivity index (χ0n) is 27.4. The van der Waals surface area contributed by atoms with Gasteiger partial charge >= 0.3 is 12.2 Å². The number of halogens is 4. The number of aliphatic hydroxyl groups excluding tert-OH is 1. The van der Waals surface area contributed by atoms with Gasteiger partial charge in [-0.3, -0.25) is 4.98 Å². The molecule has 0 aliphatic rings. The van der Waals surface area contributed by atoms with Crippen LogP contribution in [0.5, 0.6) is 0 Å². The van der Waals surface area contributed by atoms with Crippen LogP contribution in [0.15, 0.2) is 54.7 Å². The second-order valence-corrected chi connectivity index (χ2v) is 12.8. The number of alkyl carbamates (subject to hydrolysis) is 2. The van der Waals surface area contributed by atoms with Gasteiger partial charge in [0.1, 0.15) is 46.9 Å². The lowest BCUT2D eigenvalue weighted by atomic mass is 9.98. The summed E-state index contributed by atoms with van der Waals surface area (Å²) in [7, 11) is 0. The molecule has 47 heavy (non-hydrogen) atoms. The van der Waals surface area contributed by atoms with Gasteiger partial charge in [-0.1, -0.05) is 6.07 Å². The molecule has 3 atom stereocenters. The SMILES string of the molecule is CC(C)(C)OC(=O)N[C@H](C=O)Cc1cc(F)cc(F)c1.Cc1ccc(C(O)[C@H](Cc2cc(F)cc(F)c2)NC(=O)OC(C)(C)C)nc1. The molecule has 3 rings (SSSR count). The fraction of sp³-hybridized carbons (Fsp3) is 0.412. The number of hydrogen-bond donors (Lipinski definition) is 3. The predicted molar refractivity (Wildman–Crippen MR) is 166 cm³/mol. The Morgan fingerprint density at radius 3 is 1.64 bits per heavy atom. The molecule has 3 N–H and O–H groups in total. The zero-order valence-corrected chi connectivity index (χ0v) is 27.4. The first-order valence-corrected chi connectivity index (χ1v) is 14.7. The van der Waals surface area contributed by atoms with Crippen LogP contribution < -0.4 is 10.6 Å². The molecule has 256 valence electrons. The van der Waals surface area contributed by atoms with E-state index in [1.807, 2.05) is 6.92 Å². The zero-order chi connectivity index (χ0) is 35.5. The van der Waals surface area contributed by atoms with Gasteiger partial charge in [0.2, 0.25) is 0 Å². The highest BCUT2D eigenvalue weighted by Gasteiger charge is 2.27. The summed E-state index contributed by atoms with van der Waals surface area (Å²) < 4.78 is 63.3. The van der Waals surface area contributed by atoms with Crippen molar-refractivity contribution in [2.75, 3.05) is 0 Å². The van der Waals surface area contributed by atoms with Crippen molar-refractivity contribution in [1.82, 2.24) is 15.6 Å². The summed E-state index contributed by atoms with van der Waals surface area (Å²) in [6, 6.07) is 7.63. The number of pyridine rings is 1. The van der Waals surface area contributed by atoms with E-state index in [-0.39, 0.29) is 18.4 Å². The van der Waals surface area contributed by atoms with Gasteiger partial charge in [-0.25, -0.2) is 27.2 Å². The quantitative estimate of drug-likeness (QED) is 0.178. The van der Waals surface area contributed by atoms with E-state index in [0.29, 0.717) is 17.5 Å². The van der Waals surface area contributed by atoms with Gasteiger partial charge in [-0.05, 0) is 108 Å². The van der Waals surface area contributed by atoms with E-state index >= 15 is 0 Å². The Kier molecular flexibility index (Phi) is 13.9. The Bertz CT molecular complexity index is 1470. The molecule has 0 fully saturated rings. The van der Waals surface area contributed by atoms with Crippen LogP contribution in [-0.2, 0) is 27.1 Å². The smallest absolute Gasteiger partial charge is 0.408 e. The van der Waals surface area contributed by atoms with Crippen molar-refractivity contribution in [3.05, 3.63) is 100 Å². The molecule has 0 radical (unpaired) electrons. The molecule has 1 aromatic heterocycles. The molecule has 1 unspecified atom stereocenters. The molecule has 0 saturated heterocycles. The number of aliphatic hydroxyl groups is 1. The van der Waals surface area contributed by atoms with Crippen LogP contribution in [0, 0.1) is 30.2 Å². The Hall–Kier alpha value is -4.52. The second kappa shape index (κ2) is 16.9. The van der Waals surface area contributed by atoms with Crippen LogP contribution in [0.1, 0.15) is 70.0 Å². The molecule has 2 amide bonds. The number of benzene rings is 2. The molecule has 3 aromatic rings. The van der Waals surface area contributed by atoms with Gasteiger partial charge in [-0.15, -0.1) is 0 Å². The van der Waals surface area contributed by atoms with E-state index in [2.05, 4.69) is 15.6 Å². The molecule has 13 heteroatoms. The molecule has 0 bridgehead atoms. The van der Waals surface area contributed by atoms with Crippen LogP contribution in [0.4, 0.5) is 27.2 Å². The molecular weight excluding hydrogens is 622 g/mol. The minimum atomic E-state index is -1.19. The van der Waals surface area contributed by atoms with Crippen molar-refractivity contribution in [1.29, 1.82) is 0 Å². The summed E-state index contributed by atoms with van der Waals surface area (Å²) >= 11 is 0. The molecule has 1 heterocycles. The Morgan fingerprint density at radius 2 is 1.23 bits per heavy atom. The lowest BCUT2D eigenvalue weighted by Gasteiger charge is -2.26. The summed E-state index contributed by atoms with van der Waals surface area (Å²) in [6.45, 7) is 12.0. The first-order chi connectivity index (χ1) is 21.7. The predicted octanol–water partition coefficient (Wildman–Crippen LogP) is 6.44. The van der Waals surface area contributed by atoms with Crippen LogP contribution in [0.3, 0.4) is 0 Å². The summed E-state index contributed by atoms with van der Waals surface area (Å²) in [5.41, 5.74) is 0.388. The largest absolute Gasteiger partial charge is 0.444 e. The van der Waals surface area contributed by atoms with Crippen LogP contribution >= 0.6 is 0 Å². The first-order valence-electron chi connectivity index (χ1n) is 14.7. The summed E-state index contributed by atoms with van der Waals surface area (Å²) in [4.78, 5) is 38.8. The highest BCUT2D eigenvalue weighted by atomic mass is 19.1. The third-order valence-corrected chi connectivity index (χ3v) is 5.94. The van der Waals surface area contributed by atoms with Crippen LogP contribution in [0.2, 0.25) is 0 Å². The third-order valence-electron chi connectivity index (χ3n) is 5.94. The van der Waals surface area contributed by atoms with E-state index in [1.54, 1.807) is 59.9 Å². The van der Waals surface area contributed by atoms with E-state index in [1.165, 1.54) is 0 Å². The van der Waals surface area contributed by atoms with Gasteiger partial charge in [0, 0.05) is 18.3 Å². The highest BCUT2D eigenvalue weighted by molar-refractivity contribution is 5.73. The number of rotatable bonds is 9. The molecule has 0 saturated carbocycles. The van der Waals surface area contributed by atoms with E-state index in [4.69, 9.17) is 9.47 Å². The number of ether oxygens (including phenoxy) is 2. The standard InChI is InChI=1S/C20H24F2N2O3.C14H17F2NO3/c1-12-5-6-16(23-11-12)18(25)17(24-19(26)27-20(2,3)4)9-13-7-14(21)10-15(22)8-13;1-14(2,3)20-13(19)17-12(8-18)6-9-4-10(15)7-11(16)5-9/h5-8,10-11,17-18,25H,9H2,1-4H3,(H,24,26);4-5,7-8,12H,6H2,1-3H3,(H,17,19)/t17-,18?;12-/m00/s1. The maximum atomic E-state index is 13.5. The van der Waals surface area contributed by atoms with E-state index in [0.717, 1.165) is 42.0 Å². The highest BCUT2D eigenvalue weighted by Crippen LogP contribution is 2.21. The lowest BCUT2D eigenvalue weighted by Crippen LogP contribution is -2.43. The van der Waals surface area contributed by atoms with Crippen LogP contribution in [0.25, 0.3) is 0 Å². The van der Waals surface area contributed by atoms with Gasteiger partial charge in [0.05, 0.1) is 17.8 Å². The lowest BCUT2D eigenvalue weighted by molar-refractivity contribution is -0.109. The number of nitrogens with one attached hydrogen (secondary N) is 2. The Morgan fingerprint density at radius 1 is 0.787 bits per heavy atom. The van der Waals surface area contributed by atoms with Crippen molar-refractivity contribution in [2.45, 2.75) is 90.7 Å². The number of carbonyl (C=O) groups excluding carboxylic acids is 3. The fourth-order valence-electron chi connectivity index (χ4n) is 4.12. The number of carbonyl (C=O) groups is 3. The average Bonchev–Trinajstić information content (AvgIpc) is 2.89. The number of nitrogens with zero attached hydrogens (tertiary/aromatic N) is 1. The average molecular weight is 664 g/mol. The van der Waals surface area contributed by atoms with Crippen LogP contribution in [-0.4, -0.2) is 51.8 Å². The maximum absolute atomic E-state index is 13.5. The fourth-order valence-corrected chi connectivity index (χ4v) is 4.12. The summed E-state index contributed by atoms with van der Waals surface area (Å²) in [6.07, 6.45) is -0.633. The maximum Gasteiger partial charge on any atom is 0.408 e. The van der Waals surface area contributed by atoms with Crippen molar-refractivity contribution in [3.8, 4) is 0 Å². The number of aldehydes is 1. The van der Waals surface area contributed by atoms with Gasteiger partial charge in [0.15, 0.2) is 0 Å². The van der Waals surface area contributed by atoms with E-state index < -0.39 is 64.8 Å². The summed E-state index contributed by atoms with van der Waals surface area (Å²) in [5, 5.41) is 15.6. The topological polar surface area (TPSA) is 127 Å². The van der Waals surface area contributed by atoms with Gasteiger partial charge in [-0.2, -0.15) is 0 Å². The van der Waals surface area contributed by atoms with Gasteiger partial charge < -0.3 is 30.0 Å². The Balaban J connectivity index is 0.000000343. The normalized spacial score (nSPS) is 13.3. The number of hydrogen-bond acceptors (Lipinski definition) is 7. The molecule has 9 nitrogen and oxygen atoms in total. The van der Waals surface area contributed by atoms with Crippen molar-refractivity contribution in [2.24, 2.45) is 0 Å². The molecule has 0 spiro atoms. The number of amides is 2. The van der Waals surface area contributed by atoms with Gasteiger partial charge in [0.25, 0.3) is 0 Å². The molecule has 0 aliphatic heterocycles. The first kappa shape index (κ1) is 38.7. The van der Waals surface area contributed by atoms with Crippen molar-refractivity contribution < 1.29 is 46.5 Å². The third kappa shape index (κ3) is 15.1. The monoisotopic (exact) mass is 663 g/mol.